The largest absolute Gasteiger partial charge is 0.497 e. The van der Waals surface area contributed by atoms with Gasteiger partial charge in [-0.05, 0) is 53.6 Å². The van der Waals surface area contributed by atoms with Crippen LogP contribution in [0.1, 0.15) is 21.5 Å². The van der Waals surface area contributed by atoms with Gasteiger partial charge in [0.25, 0.3) is 0 Å². The molecular weight excluding hydrogens is 384 g/mol. The van der Waals surface area contributed by atoms with Gasteiger partial charge < -0.3 is 23.7 Å². The maximum Gasteiger partial charge on any atom is 0.231 e. The molecule has 3 aromatic rings. The Balaban J connectivity index is 1.32. The topological polar surface area (TPSA) is 63.2 Å². The lowest BCUT2D eigenvalue weighted by molar-refractivity contribution is 0.101. The van der Waals surface area contributed by atoms with Gasteiger partial charge in [-0.15, -0.1) is 0 Å². The number of carbonyl (C=O) groups is 1. The Labute approximate surface area is 173 Å². The average Bonchev–Trinajstić information content (AvgIpc) is 3.36. The van der Waals surface area contributed by atoms with Crippen LogP contribution in [0.3, 0.4) is 0 Å². The van der Waals surface area contributed by atoms with E-state index in [1.54, 1.807) is 31.4 Å². The van der Waals surface area contributed by atoms with Gasteiger partial charge in [-0.1, -0.05) is 18.2 Å². The number of hydrogen-bond donors (Lipinski definition) is 0. The number of methoxy groups -OCH3 is 1. The molecule has 30 heavy (non-hydrogen) atoms. The third-order valence-electron chi connectivity index (χ3n) is 4.88. The standard InChI is InChI=1S/C24H18O6/c1-26-17-4-2-3-16(9-17)13-27-18-6-7-19-21(12-18)30-23(24(19)25)11-15-5-8-20-22(10-15)29-14-28-20/h2-12H,13-14H2,1H3. The summed E-state index contributed by atoms with van der Waals surface area (Å²) in [4.78, 5) is 12.7. The Kier molecular flexibility index (Phi) is 4.52. The van der Waals surface area contributed by atoms with Crippen LogP contribution in [0.4, 0.5) is 0 Å². The van der Waals surface area contributed by atoms with Crippen LogP contribution < -0.4 is 23.7 Å². The third kappa shape index (κ3) is 3.43. The van der Waals surface area contributed by atoms with Gasteiger partial charge in [0.2, 0.25) is 12.6 Å². The molecule has 0 aliphatic carbocycles. The average molecular weight is 402 g/mol. The molecule has 2 aliphatic heterocycles. The molecule has 0 saturated carbocycles. The van der Waals surface area contributed by atoms with Crippen LogP contribution in [0.2, 0.25) is 0 Å². The smallest absolute Gasteiger partial charge is 0.231 e. The zero-order valence-electron chi connectivity index (χ0n) is 16.2. The van der Waals surface area contributed by atoms with Crippen molar-refractivity contribution in [3.8, 4) is 28.7 Å². The highest BCUT2D eigenvalue weighted by molar-refractivity contribution is 6.14. The zero-order chi connectivity index (χ0) is 20.5. The molecule has 0 fully saturated rings. The molecule has 3 aromatic carbocycles. The maximum atomic E-state index is 12.7. The molecule has 6 heteroatoms. The van der Waals surface area contributed by atoms with Crippen molar-refractivity contribution in [3.63, 3.8) is 0 Å². The second kappa shape index (κ2) is 7.48. The fourth-order valence-electron chi connectivity index (χ4n) is 3.34. The number of Topliss-reactive ketones (excluding diaryl/α,β-unsaturated/α-hetero) is 1. The Hall–Kier alpha value is -3.93. The van der Waals surface area contributed by atoms with Crippen LogP contribution in [0.5, 0.6) is 28.7 Å². The summed E-state index contributed by atoms with van der Waals surface area (Å²) in [5.41, 5.74) is 2.29. The SMILES string of the molecule is COc1cccc(COc2ccc3c(c2)OC(=Cc2ccc4c(c2)OCO4)C3=O)c1. The van der Waals surface area contributed by atoms with E-state index in [4.69, 9.17) is 23.7 Å². The minimum absolute atomic E-state index is 0.165. The van der Waals surface area contributed by atoms with E-state index in [2.05, 4.69) is 0 Å². The van der Waals surface area contributed by atoms with Gasteiger partial charge in [-0.2, -0.15) is 0 Å². The third-order valence-corrected chi connectivity index (χ3v) is 4.88. The van der Waals surface area contributed by atoms with E-state index in [1.165, 1.54) is 0 Å². The predicted molar refractivity (Wildman–Crippen MR) is 109 cm³/mol. The highest BCUT2D eigenvalue weighted by Crippen LogP contribution is 2.37. The van der Waals surface area contributed by atoms with Gasteiger partial charge in [0.1, 0.15) is 23.9 Å². The van der Waals surface area contributed by atoms with Crippen LogP contribution >= 0.6 is 0 Å². The van der Waals surface area contributed by atoms with Crippen molar-refractivity contribution < 1.29 is 28.5 Å². The number of carbonyl (C=O) groups excluding carboxylic acids is 1. The lowest BCUT2D eigenvalue weighted by Crippen LogP contribution is -1.98. The number of fused-ring (bicyclic) bond motifs is 2. The van der Waals surface area contributed by atoms with Gasteiger partial charge >= 0.3 is 0 Å². The highest BCUT2D eigenvalue weighted by atomic mass is 16.7. The number of ether oxygens (including phenoxy) is 5. The first kappa shape index (κ1) is 18.1. The monoisotopic (exact) mass is 402 g/mol. The summed E-state index contributed by atoms with van der Waals surface area (Å²) in [6.45, 7) is 0.582. The van der Waals surface area contributed by atoms with Gasteiger partial charge in [-0.25, -0.2) is 0 Å². The molecule has 0 amide bonds. The van der Waals surface area contributed by atoms with Crippen molar-refractivity contribution in [2.75, 3.05) is 13.9 Å². The van der Waals surface area contributed by atoms with Crippen molar-refractivity contribution >= 4 is 11.9 Å². The van der Waals surface area contributed by atoms with Crippen molar-refractivity contribution in [2.45, 2.75) is 6.61 Å². The van der Waals surface area contributed by atoms with E-state index in [1.807, 2.05) is 42.5 Å². The summed E-state index contributed by atoms with van der Waals surface area (Å²) in [7, 11) is 1.63. The lowest BCUT2D eigenvalue weighted by Gasteiger charge is -2.08. The van der Waals surface area contributed by atoms with Crippen molar-refractivity contribution in [1.29, 1.82) is 0 Å². The highest BCUT2D eigenvalue weighted by Gasteiger charge is 2.28. The van der Waals surface area contributed by atoms with Gasteiger partial charge in [0.05, 0.1) is 12.7 Å². The molecule has 0 radical (unpaired) electrons. The molecule has 0 spiro atoms. The van der Waals surface area contributed by atoms with Crippen LogP contribution in [-0.2, 0) is 6.61 Å². The molecule has 0 atom stereocenters. The first-order valence-corrected chi connectivity index (χ1v) is 9.43. The van der Waals surface area contributed by atoms with Crippen molar-refractivity contribution in [1.82, 2.24) is 0 Å². The van der Waals surface area contributed by atoms with Crippen LogP contribution in [-0.4, -0.2) is 19.7 Å². The first-order valence-electron chi connectivity index (χ1n) is 9.43. The molecule has 0 saturated heterocycles. The van der Waals surface area contributed by atoms with Gasteiger partial charge in [0, 0.05) is 6.07 Å². The fraction of sp³-hybridized carbons (Fsp3) is 0.125. The Bertz CT molecular complexity index is 1160. The molecule has 0 bridgehead atoms. The lowest BCUT2D eigenvalue weighted by atomic mass is 10.1. The second-order valence-corrected chi connectivity index (χ2v) is 6.85. The number of ketones is 1. The second-order valence-electron chi connectivity index (χ2n) is 6.85. The van der Waals surface area contributed by atoms with Crippen LogP contribution in [0.15, 0.2) is 66.4 Å². The molecule has 2 aliphatic rings. The fourth-order valence-corrected chi connectivity index (χ4v) is 3.34. The Morgan fingerprint density at radius 3 is 2.73 bits per heavy atom. The predicted octanol–water partition coefficient (Wildman–Crippen LogP) is 4.62. The molecule has 150 valence electrons. The van der Waals surface area contributed by atoms with E-state index < -0.39 is 0 Å². The number of benzene rings is 3. The quantitative estimate of drug-likeness (QED) is 0.581. The van der Waals surface area contributed by atoms with Crippen LogP contribution in [0.25, 0.3) is 6.08 Å². The minimum atomic E-state index is -0.165. The number of allylic oxidation sites excluding steroid dienone is 1. The molecule has 0 unspecified atom stereocenters. The molecule has 6 nitrogen and oxygen atoms in total. The molecule has 0 N–H and O–H groups in total. The summed E-state index contributed by atoms with van der Waals surface area (Å²) >= 11 is 0. The summed E-state index contributed by atoms with van der Waals surface area (Å²) < 4.78 is 27.6. The zero-order valence-corrected chi connectivity index (χ0v) is 16.2. The summed E-state index contributed by atoms with van der Waals surface area (Å²) in [6, 6.07) is 18.4. The molecule has 2 heterocycles. The van der Waals surface area contributed by atoms with E-state index >= 15 is 0 Å². The summed E-state index contributed by atoms with van der Waals surface area (Å²) in [5, 5.41) is 0. The van der Waals surface area contributed by atoms with Gasteiger partial charge in [0.15, 0.2) is 17.3 Å². The first-order chi connectivity index (χ1) is 14.7. The molecule has 0 aromatic heterocycles. The molecular formula is C24H18O6. The molecule has 5 rings (SSSR count). The maximum absolute atomic E-state index is 12.7. The van der Waals surface area contributed by atoms with E-state index in [0.717, 1.165) is 16.9 Å². The van der Waals surface area contributed by atoms with E-state index in [9.17, 15) is 4.79 Å². The Morgan fingerprint density at radius 2 is 1.83 bits per heavy atom. The van der Waals surface area contributed by atoms with E-state index in [-0.39, 0.29) is 18.3 Å². The summed E-state index contributed by atoms with van der Waals surface area (Å²) in [5.74, 6) is 3.31. The number of hydrogen-bond acceptors (Lipinski definition) is 6. The summed E-state index contributed by atoms with van der Waals surface area (Å²) in [6.07, 6.45) is 1.70. The van der Waals surface area contributed by atoms with Crippen LogP contribution in [0, 0.1) is 0 Å². The number of rotatable bonds is 5. The van der Waals surface area contributed by atoms with Crippen molar-refractivity contribution in [3.05, 3.63) is 83.1 Å². The van der Waals surface area contributed by atoms with Gasteiger partial charge in [-0.3, -0.25) is 4.79 Å². The Morgan fingerprint density at radius 1 is 0.933 bits per heavy atom. The van der Waals surface area contributed by atoms with E-state index in [0.29, 0.717) is 35.2 Å². The normalized spacial score (nSPS) is 15.1. The minimum Gasteiger partial charge on any atom is -0.497 e. The van der Waals surface area contributed by atoms with Crippen molar-refractivity contribution in [2.24, 2.45) is 0 Å².